The van der Waals surface area contributed by atoms with Crippen molar-refractivity contribution in [3.8, 4) is 22.0 Å². The number of aryl methyl sites for hydroxylation is 1. The van der Waals surface area contributed by atoms with Gasteiger partial charge in [-0.25, -0.2) is 14.4 Å². The summed E-state index contributed by atoms with van der Waals surface area (Å²) in [5, 5.41) is 2.88. The van der Waals surface area contributed by atoms with Gasteiger partial charge in [0.05, 0.1) is 23.9 Å². The van der Waals surface area contributed by atoms with Gasteiger partial charge >= 0.3 is 0 Å². The first kappa shape index (κ1) is 11.1. The monoisotopic (exact) mass is 259 g/mol. The lowest BCUT2D eigenvalue weighted by atomic mass is 10.2. The standard InChI is InChI=1S/C13H10FN3S/c1-17-8-15-6-12(17)13-16-11(7-18-13)9-2-4-10(14)5-3-9/h2-8H,1H3. The molecule has 0 saturated carbocycles. The molecule has 0 aliphatic carbocycles. The molecule has 0 atom stereocenters. The van der Waals surface area contributed by atoms with Crippen LogP contribution >= 0.6 is 11.3 Å². The minimum atomic E-state index is -0.235. The number of aromatic nitrogens is 3. The van der Waals surface area contributed by atoms with Crippen molar-refractivity contribution < 1.29 is 4.39 Å². The molecular weight excluding hydrogens is 249 g/mol. The Hall–Kier alpha value is -2.01. The summed E-state index contributed by atoms with van der Waals surface area (Å²) in [7, 11) is 1.93. The van der Waals surface area contributed by atoms with Gasteiger partial charge in [0.2, 0.25) is 0 Å². The quantitative estimate of drug-likeness (QED) is 0.706. The number of nitrogens with zero attached hydrogens (tertiary/aromatic N) is 3. The predicted octanol–water partition coefficient (Wildman–Crippen LogP) is 3.35. The Bertz CT molecular complexity index is 670. The Kier molecular flexibility index (Phi) is 2.68. The number of benzene rings is 1. The maximum absolute atomic E-state index is 12.9. The molecule has 0 radical (unpaired) electrons. The van der Waals surface area contributed by atoms with E-state index >= 15 is 0 Å². The minimum Gasteiger partial charge on any atom is -0.332 e. The van der Waals surface area contributed by atoms with Gasteiger partial charge in [0.1, 0.15) is 10.8 Å². The number of halogens is 1. The van der Waals surface area contributed by atoms with E-state index in [0.29, 0.717) is 0 Å². The second kappa shape index (κ2) is 4.34. The van der Waals surface area contributed by atoms with Crippen LogP contribution in [0.5, 0.6) is 0 Å². The number of rotatable bonds is 2. The molecule has 1 aromatic carbocycles. The molecule has 90 valence electrons. The first-order valence-corrected chi connectivity index (χ1v) is 6.30. The third kappa shape index (κ3) is 1.93. The van der Waals surface area contributed by atoms with Crippen LogP contribution in [0.4, 0.5) is 4.39 Å². The van der Waals surface area contributed by atoms with E-state index in [2.05, 4.69) is 9.97 Å². The van der Waals surface area contributed by atoms with Gasteiger partial charge in [0.15, 0.2) is 0 Å². The van der Waals surface area contributed by atoms with Crippen molar-refractivity contribution in [3.05, 3.63) is 48.0 Å². The third-order valence-corrected chi connectivity index (χ3v) is 3.54. The van der Waals surface area contributed by atoms with Crippen LogP contribution in [0.2, 0.25) is 0 Å². The van der Waals surface area contributed by atoms with Crippen molar-refractivity contribution in [3.63, 3.8) is 0 Å². The fourth-order valence-electron chi connectivity index (χ4n) is 1.71. The van der Waals surface area contributed by atoms with Crippen LogP contribution in [0.15, 0.2) is 42.2 Å². The van der Waals surface area contributed by atoms with E-state index in [1.54, 1.807) is 36.0 Å². The number of hydrogen-bond acceptors (Lipinski definition) is 3. The zero-order valence-electron chi connectivity index (χ0n) is 9.67. The minimum absolute atomic E-state index is 0.235. The molecule has 0 aliphatic heterocycles. The van der Waals surface area contributed by atoms with Crippen LogP contribution in [0.1, 0.15) is 0 Å². The molecular formula is C13H10FN3S. The maximum atomic E-state index is 12.9. The summed E-state index contributed by atoms with van der Waals surface area (Å²) in [6.07, 6.45) is 3.53. The van der Waals surface area contributed by atoms with Crippen LogP contribution in [-0.2, 0) is 7.05 Å². The first-order valence-electron chi connectivity index (χ1n) is 5.42. The predicted molar refractivity (Wildman–Crippen MR) is 69.7 cm³/mol. The van der Waals surface area contributed by atoms with Gasteiger partial charge in [-0.05, 0) is 24.3 Å². The highest BCUT2D eigenvalue weighted by Gasteiger charge is 2.09. The molecule has 3 rings (SSSR count). The Morgan fingerprint density at radius 2 is 2.00 bits per heavy atom. The van der Waals surface area contributed by atoms with Crippen molar-refractivity contribution in [1.29, 1.82) is 0 Å². The van der Waals surface area contributed by atoms with E-state index in [4.69, 9.17) is 0 Å². The van der Waals surface area contributed by atoms with E-state index in [1.165, 1.54) is 12.1 Å². The van der Waals surface area contributed by atoms with Gasteiger partial charge in [-0.2, -0.15) is 0 Å². The molecule has 2 heterocycles. The lowest BCUT2D eigenvalue weighted by Gasteiger charge is -1.97. The zero-order valence-corrected chi connectivity index (χ0v) is 10.5. The molecule has 5 heteroatoms. The highest BCUT2D eigenvalue weighted by molar-refractivity contribution is 7.13. The second-order valence-electron chi connectivity index (χ2n) is 3.93. The SMILES string of the molecule is Cn1cncc1-c1nc(-c2ccc(F)cc2)cs1. The van der Waals surface area contributed by atoms with Gasteiger partial charge in [0, 0.05) is 18.0 Å². The highest BCUT2D eigenvalue weighted by atomic mass is 32.1. The molecule has 0 N–H and O–H groups in total. The Balaban J connectivity index is 1.99. The van der Waals surface area contributed by atoms with Crippen molar-refractivity contribution in [2.75, 3.05) is 0 Å². The second-order valence-corrected chi connectivity index (χ2v) is 4.79. The van der Waals surface area contributed by atoms with Crippen molar-refractivity contribution in [2.24, 2.45) is 7.05 Å². The summed E-state index contributed by atoms with van der Waals surface area (Å²) in [5.74, 6) is -0.235. The van der Waals surface area contributed by atoms with Gasteiger partial charge in [-0.1, -0.05) is 0 Å². The highest BCUT2D eigenvalue weighted by Crippen LogP contribution is 2.28. The summed E-state index contributed by atoms with van der Waals surface area (Å²) < 4.78 is 14.8. The smallest absolute Gasteiger partial charge is 0.142 e. The van der Waals surface area contributed by atoms with Crippen LogP contribution in [0, 0.1) is 5.82 Å². The summed E-state index contributed by atoms with van der Waals surface area (Å²) in [6.45, 7) is 0. The molecule has 0 spiro atoms. The van der Waals surface area contributed by atoms with Crippen molar-refractivity contribution >= 4 is 11.3 Å². The lowest BCUT2D eigenvalue weighted by molar-refractivity contribution is 0.628. The molecule has 0 amide bonds. The molecule has 3 aromatic rings. The van der Waals surface area contributed by atoms with E-state index in [-0.39, 0.29) is 5.82 Å². The molecule has 0 aliphatic rings. The average molecular weight is 259 g/mol. The van der Waals surface area contributed by atoms with Gasteiger partial charge in [0.25, 0.3) is 0 Å². The van der Waals surface area contributed by atoms with E-state index in [0.717, 1.165) is 22.0 Å². The van der Waals surface area contributed by atoms with Crippen LogP contribution < -0.4 is 0 Å². The summed E-state index contributed by atoms with van der Waals surface area (Å²) >= 11 is 1.55. The van der Waals surface area contributed by atoms with E-state index in [9.17, 15) is 4.39 Å². The van der Waals surface area contributed by atoms with E-state index < -0.39 is 0 Å². The van der Waals surface area contributed by atoms with Crippen LogP contribution in [-0.4, -0.2) is 14.5 Å². The third-order valence-electron chi connectivity index (χ3n) is 2.68. The lowest BCUT2D eigenvalue weighted by Crippen LogP contribution is -1.88. The van der Waals surface area contributed by atoms with Crippen molar-refractivity contribution in [1.82, 2.24) is 14.5 Å². The molecule has 0 fully saturated rings. The number of hydrogen-bond donors (Lipinski definition) is 0. The molecule has 0 bridgehead atoms. The average Bonchev–Trinajstić information content (AvgIpc) is 2.98. The fourth-order valence-corrected chi connectivity index (χ4v) is 2.59. The summed E-state index contributed by atoms with van der Waals surface area (Å²) in [5.41, 5.74) is 2.76. The normalized spacial score (nSPS) is 10.8. The molecule has 3 nitrogen and oxygen atoms in total. The Labute approximate surface area is 108 Å². The molecule has 0 unspecified atom stereocenters. The maximum Gasteiger partial charge on any atom is 0.142 e. The van der Waals surface area contributed by atoms with Gasteiger partial charge in [-0.15, -0.1) is 11.3 Å². The van der Waals surface area contributed by atoms with Gasteiger partial charge < -0.3 is 4.57 Å². The molecule has 2 aromatic heterocycles. The largest absolute Gasteiger partial charge is 0.332 e. The van der Waals surface area contributed by atoms with Crippen LogP contribution in [0.25, 0.3) is 22.0 Å². The topological polar surface area (TPSA) is 30.7 Å². The summed E-state index contributed by atoms with van der Waals surface area (Å²) in [4.78, 5) is 8.62. The molecule has 0 saturated heterocycles. The number of imidazole rings is 1. The zero-order chi connectivity index (χ0) is 12.5. The summed E-state index contributed by atoms with van der Waals surface area (Å²) in [6, 6.07) is 6.35. The Morgan fingerprint density at radius 1 is 1.22 bits per heavy atom. The van der Waals surface area contributed by atoms with Gasteiger partial charge in [-0.3, -0.25) is 0 Å². The fraction of sp³-hybridized carbons (Fsp3) is 0.0769. The Morgan fingerprint density at radius 3 is 2.67 bits per heavy atom. The molecule has 18 heavy (non-hydrogen) atoms. The van der Waals surface area contributed by atoms with Crippen molar-refractivity contribution in [2.45, 2.75) is 0 Å². The van der Waals surface area contributed by atoms with Crippen LogP contribution in [0.3, 0.4) is 0 Å². The first-order chi connectivity index (χ1) is 8.74. The van der Waals surface area contributed by atoms with E-state index in [1.807, 2.05) is 17.0 Å². The number of thiazole rings is 1.